The van der Waals surface area contributed by atoms with Crippen molar-refractivity contribution in [2.75, 3.05) is 7.11 Å². The summed E-state index contributed by atoms with van der Waals surface area (Å²) in [5.74, 6) is -4.01. The Bertz CT molecular complexity index is 605. The topological polar surface area (TPSA) is 78.9 Å². The van der Waals surface area contributed by atoms with Crippen LogP contribution in [-0.2, 0) is 28.6 Å². The molecule has 0 spiro atoms. The van der Waals surface area contributed by atoms with Crippen molar-refractivity contribution >= 4 is 23.5 Å². The van der Waals surface area contributed by atoms with Crippen LogP contribution in [0.3, 0.4) is 0 Å². The molecule has 0 aliphatic carbocycles. The van der Waals surface area contributed by atoms with E-state index in [0.29, 0.717) is 5.56 Å². The van der Waals surface area contributed by atoms with Gasteiger partial charge in [-0.25, -0.2) is 14.4 Å². The van der Waals surface area contributed by atoms with E-state index in [1.54, 1.807) is 30.3 Å². The molecule has 0 amide bonds. The van der Waals surface area contributed by atoms with Crippen molar-refractivity contribution in [1.29, 1.82) is 0 Å². The zero-order valence-electron chi connectivity index (χ0n) is 11.8. The van der Waals surface area contributed by atoms with E-state index in [0.717, 1.165) is 7.11 Å². The first-order valence-electron chi connectivity index (χ1n) is 6.20. The summed E-state index contributed by atoms with van der Waals surface area (Å²) < 4.78 is 14.7. The van der Waals surface area contributed by atoms with Crippen LogP contribution in [0.1, 0.15) is 19.4 Å². The first-order valence-corrected chi connectivity index (χ1v) is 6.20. The molecule has 110 valence electrons. The lowest BCUT2D eigenvalue weighted by molar-refractivity contribution is -0.222. The number of methoxy groups -OCH3 is 1. The van der Waals surface area contributed by atoms with Gasteiger partial charge in [0.15, 0.2) is 5.57 Å². The van der Waals surface area contributed by atoms with Gasteiger partial charge in [0.1, 0.15) is 0 Å². The van der Waals surface area contributed by atoms with E-state index >= 15 is 0 Å². The lowest BCUT2D eigenvalue weighted by atomic mass is 9.99. The van der Waals surface area contributed by atoms with Gasteiger partial charge in [-0.1, -0.05) is 30.3 Å². The third-order valence-electron chi connectivity index (χ3n) is 2.79. The molecule has 0 saturated carbocycles. The van der Waals surface area contributed by atoms with Crippen molar-refractivity contribution in [3.05, 3.63) is 41.5 Å². The summed E-state index contributed by atoms with van der Waals surface area (Å²) in [5.41, 5.74) is -0.274. The molecular formula is C15H14O6. The number of hydrogen-bond donors (Lipinski definition) is 0. The largest absolute Gasteiger partial charge is 0.465 e. The molecule has 1 aliphatic heterocycles. The molecule has 0 unspecified atom stereocenters. The van der Waals surface area contributed by atoms with Gasteiger partial charge in [-0.3, -0.25) is 0 Å². The monoisotopic (exact) mass is 290 g/mol. The summed E-state index contributed by atoms with van der Waals surface area (Å²) in [6, 6.07) is 8.24. The maximum Gasteiger partial charge on any atom is 0.349 e. The molecule has 21 heavy (non-hydrogen) atoms. The van der Waals surface area contributed by atoms with Crippen molar-refractivity contribution in [1.82, 2.24) is 0 Å². The number of hydrogen-bond acceptors (Lipinski definition) is 6. The fourth-order valence-corrected chi connectivity index (χ4v) is 1.93. The van der Waals surface area contributed by atoms with Crippen molar-refractivity contribution in [3.8, 4) is 0 Å². The van der Waals surface area contributed by atoms with Crippen LogP contribution in [0.15, 0.2) is 35.9 Å². The maximum atomic E-state index is 12.1. The minimum absolute atomic E-state index is 0.177. The van der Waals surface area contributed by atoms with Crippen LogP contribution in [0, 0.1) is 0 Å². The van der Waals surface area contributed by atoms with Crippen molar-refractivity contribution in [2.45, 2.75) is 19.6 Å². The molecule has 6 nitrogen and oxygen atoms in total. The smallest absolute Gasteiger partial charge is 0.349 e. The lowest BCUT2D eigenvalue weighted by Gasteiger charge is -2.30. The summed E-state index contributed by atoms with van der Waals surface area (Å²) in [6.45, 7) is 2.86. The summed E-state index contributed by atoms with van der Waals surface area (Å²) in [5, 5.41) is 0. The number of rotatable bonds is 2. The standard InChI is InChI=1S/C15H14O6/c1-15(2)20-13(17)11(14(18)21-15)10(12(16)19-3)9-7-5-4-6-8-9/h4-8H,1-3H3. The van der Waals surface area contributed by atoms with Gasteiger partial charge in [0, 0.05) is 13.8 Å². The fraction of sp³-hybridized carbons (Fsp3) is 0.267. The van der Waals surface area contributed by atoms with Crippen molar-refractivity contribution in [2.24, 2.45) is 0 Å². The molecule has 0 N–H and O–H groups in total. The molecule has 2 rings (SSSR count). The van der Waals surface area contributed by atoms with Gasteiger partial charge in [-0.15, -0.1) is 0 Å². The van der Waals surface area contributed by atoms with Gasteiger partial charge in [0.25, 0.3) is 5.79 Å². The molecule has 1 fully saturated rings. The summed E-state index contributed by atoms with van der Waals surface area (Å²) in [6.07, 6.45) is 0. The Morgan fingerprint density at radius 3 is 2.05 bits per heavy atom. The molecule has 0 radical (unpaired) electrons. The van der Waals surface area contributed by atoms with Gasteiger partial charge in [0.05, 0.1) is 12.7 Å². The van der Waals surface area contributed by atoms with E-state index in [2.05, 4.69) is 4.74 Å². The number of carbonyl (C=O) groups is 3. The highest BCUT2D eigenvalue weighted by Gasteiger charge is 2.42. The lowest BCUT2D eigenvalue weighted by Crippen LogP contribution is -2.42. The average molecular weight is 290 g/mol. The van der Waals surface area contributed by atoms with E-state index in [1.807, 2.05) is 0 Å². The Labute approximate surface area is 121 Å². The van der Waals surface area contributed by atoms with Crippen LogP contribution in [0.25, 0.3) is 5.57 Å². The second kappa shape index (κ2) is 5.40. The van der Waals surface area contributed by atoms with Crippen molar-refractivity contribution in [3.63, 3.8) is 0 Å². The normalized spacial score (nSPS) is 16.8. The molecular weight excluding hydrogens is 276 g/mol. The Balaban J connectivity index is 2.61. The fourth-order valence-electron chi connectivity index (χ4n) is 1.93. The van der Waals surface area contributed by atoms with Crippen LogP contribution < -0.4 is 0 Å². The Morgan fingerprint density at radius 1 is 1.05 bits per heavy atom. The molecule has 1 saturated heterocycles. The zero-order valence-corrected chi connectivity index (χ0v) is 11.8. The number of benzene rings is 1. The first kappa shape index (κ1) is 14.8. The predicted molar refractivity (Wildman–Crippen MR) is 71.6 cm³/mol. The molecule has 1 aromatic carbocycles. The summed E-state index contributed by atoms with van der Waals surface area (Å²) in [7, 11) is 1.16. The molecule has 1 aromatic rings. The first-order chi connectivity index (χ1) is 9.85. The van der Waals surface area contributed by atoms with E-state index in [-0.39, 0.29) is 5.57 Å². The van der Waals surface area contributed by atoms with Crippen LogP contribution >= 0.6 is 0 Å². The molecule has 0 aromatic heterocycles. The van der Waals surface area contributed by atoms with Crippen LogP contribution in [0.4, 0.5) is 0 Å². The van der Waals surface area contributed by atoms with E-state index < -0.39 is 29.3 Å². The highest BCUT2D eigenvalue weighted by molar-refractivity contribution is 6.32. The molecule has 0 atom stereocenters. The highest BCUT2D eigenvalue weighted by Crippen LogP contribution is 2.29. The predicted octanol–water partition coefficient (Wildman–Crippen LogP) is 1.45. The average Bonchev–Trinajstić information content (AvgIpc) is 2.42. The second-order valence-electron chi connectivity index (χ2n) is 4.79. The van der Waals surface area contributed by atoms with Crippen molar-refractivity contribution < 1.29 is 28.6 Å². The molecule has 1 heterocycles. The van der Waals surface area contributed by atoms with E-state index in [9.17, 15) is 14.4 Å². The molecule has 6 heteroatoms. The molecule has 0 bridgehead atoms. The quantitative estimate of drug-likeness (QED) is 0.466. The van der Waals surface area contributed by atoms with Crippen LogP contribution in [0.2, 0.25) is 0 Å². The number of cyclic esters (lactones) is 2. The Kier molecular flexibility index (Phi) is 3.80. The van der Waals surface area contributed by atoms with Gasteiger partial charge >= 0.3 is 17.9 Å². The van der Waals surface area contributed by atoms with Gasteiger partial charge in [0.2, 0.25) is 0 Å². The zero-order chi connectivity index (χ0) is 15.6. The van der Waals surface area contributed by atoms with Gasteiger partial charge in [-0.05, 0) is 5.56 Å². The minimum atomic E-state index is -1.37. The molecule has 1 aliphatic rings. The van der Waals surface area contributed by atoms with Crippen LogP contribution in [0.5, 0.6) is 0 Å². The SMILES string of the molecule is COC(=O)C(=C1C(=O)OC(C)(C)OC1=O)c1ccccc1. The minimum Gasteiger partial charge on any atom is -0.465 e. The maximum absolute atomic E-state index is 12.1. The summed E-state index contributed by atoms with van der Waals surface area (Å²) >= 11 is 0. The number of esters is 3. The van der Waals surface area contributed by atoms with Crippen LogP contribution in [-0.4, -0.2) is 30.8 Å². The van der Waals surface area contributed by atoms with E-state index in [1.165, 1.54) is 13.8 Å². The third kappa shape index (κ3) is 2.94. The van der Waals surface area contributed by atoms with Gasteiger partial charge in [-0.2, -0.15) is 0 Å². The third-order valence-corrected chi connectivity index (χ3v) is 2.79. The van der Waals surface area contributed by atoms with E-state index in [4.69, 9.17) is 9.47 Å². The highest BCUT2D eigenvalue weighted by atomic mass is 16.7. The Morgan fingerprint density at radius 2 is 1.57 bits per heavy atom. The number of carbonyl (C=O) groups excluding carboxylic acids is 3. The summed E-state index contributed by atoms with van der Waals surface area (Å²) in [4.78, 5) is 36.1. The number of ether oxygens (including phenoxy) is 3. The van der Waals surface area contributed by atoms with Gasteiger partial charge < -0.3 is 14.2 Å². The second-order valence-corrected chi connectivity index (χ2v) is 4.79. The Hall–Kier alpha value is -2.63.